The van der Waals surface area contributed by atoms with Gasteiger partial charge in [0, 0.05) is 11.8 Å². The van der Waals surface area contributed by atoms with E-state index in [0.29, 0.717) is 23.7 Å². The monoisotopic (exact) mass is 455 g/mol. The Morgan fingerprint density at radius 2 is 1.79 bits per heavy atom. The number of hydrogen-bond acceptors (Lipinski definition) is 3. The van der Waals surface area contributed by atoms with Gasteiger partial charge in [0.05, 0.1) is 16.8 Å². The van der Waals surface area contributed by atoms with Crippen LogP contribution in [0.1, 0.15) is 29.2 Å². The van der Waals surface area contributed by atoms with Crippen molar-refractivity contribution in [2.24, 2.45) is 4.99 Å². The highest BCUT2D eigenvalue weighted by atomic mass is 79.9. The molecular weight excluding hydrogens is 433 g/mol. The van der Waals surface area contributed by atoms with Gasteiger partial charge in [-0.05, 0) is 83.7 Å². The minimum atomic E-state index is -0.293. The largest absolute Gasteiger partial charge is 0.490 e. The zero-order valence-electron chi connectivity index (χ0n) is 16.7. The molecule has 3 rings (SSSR count). The van der Waals surface area contributed by atoms with Crippen molar-refractivity contribution in [2.45, 2.75) is 27.4 Å². The molecule has 0 heterocycles. The van der Waals surface area contributed by atoms with E-state index in [9.17, 15) is 4.39 Å². The summed E-state index contributed by atoms with van der Waals surface area (Å²) in [7, 11) is 0. The summed E-state index contributed by atoms with van der Waals surface area (Å²) < 4.78 is 26.2. The van der Waals surface area contributed by atoms with Crippen LogP contribution in [0.4, 0.5) is 10.1 Å². The van der Waals surface area contributed by atoms with Gasteiger partial charge >= 0.3 is 0 Å². The third-order valence-corrected chi connectivity index (χ3v) is 5.10. The molecule has 0 saturated carbocycles. The predicted molar refractivity (Wildman–Crippen MR) is 119 cm³/mol. The van der Waals surface area contributed by atoms with Gasteiger partial charge < -0.3 is 9.47 Å². The van der Waals surface area contributed by atoms with Gasteiger partial charge in [0.15, 0.2) is 11.5 Å². The molecule has 29 heavy (non-hydrogen) atoms. The lowest BCUT2D eigenvalue weighted by Gasteiger charge is -2.15. The van der Waals surface area contributed by atoms with Crippen molar-refractivity contribution in [1.29, 1.82) is 0 Å². The normalized spacial score (nSPS) is 11.1. The topological polar surface area (TPSA) is 30.8 Å². The summed E-state index contributed by atoms with van der Waals surface area (Å²) in [6.45, 7) is 6.65. The maximum Gasteiger partial charge on any atom is 0.175 e. The summed E-state index contributed by atoms with van der Waals surface area (Å²) in [6, 6.07) is 16.4. The van der Waals surface area contributed by atoms with Crippen LogP contribution in [0.2, 0.25) is 0 Å². The van der Waals surface area contributed by atoms with Crippen LogP contribution in [0.25, 0.3) is 0 Å². The van der Waals surface area contributed by atoms with Crippen LogP contribution in [-0.2, 0) is 6.61 Å². The highest BCUT2D eigenvalue weighted by Gasteiger charge is 2.13. The van der Waals surface area contributed by atoms with Crippen LogP contribution in [-0.4, -0.2) is 12.8 Å². The first kappa shape index (κ1) is 21.1. The predicted octanol–water partition coefficient (Wildman–Crippen LogP) is 6.93. The Hall–Kier alpha value is -2.66. The molecule has 0 aliphatic carbocycles. The highest BCUT2D eigenvalue weighted by molar-refractivity contribution is 9.10. The third kappa shape index (κ3) is 5.45. The van der Waals surface area contributed by atoms with Crippen LogP contribution in [0.3, 0.4) is 0 Å². The van der Waals surface area contributed by atoms with Crippen molar-refractivity contribution in [3.63, 3.8) is 0 Å². The van der Waals surface area contributed by atoms with Crippen LogP contribution in [0, 0.1) is 19.7 Å². The molecule has 0 aliphatic rings. The third-order valence-electron chi connectivity index (χ3n) is 4.51. The summed E-state index contributed by atoms with van der Waals surface area (Å²) in [5.74, 6) is 0.830. The lowest BCUT2D eigenvalue weighted by Crippen LogP contribution is -2.02. The highest BCUT2D eigenvalue weighted by Crippen LogP contribution is 2.37. The molecule has 150 valence electrons. The van der Waals surface area contributed by atoms with E-state index in [4.69, 9.17) is 9.47 Å². The molecule has 0 aromatic heterocycles. The van der Waals surface area contributed by atoms with Gasteiger partial charge in [0.2, 0.25) is 0 Å². The second-order valence-electron chi connectivity index (χ2n) is 6.67. The van der Waals surface area contributed by atoms with Gasteiger partial charge in [-0.3, -0.25) is 4.99 Å². The molecule has 0 N–H and O–H groups in total. The molecule has 0 aliphatic heterocycles. The molecule has 0 spiro atoms. The van der Waals surface area contributed by atoms with Gasteiger partial charge in [-0.25, -0.2) is 4.39 Å². The molecule has 0 amide bonds. The van der Waals surface area contributed by atoms with Crippen LogP contribution in [0.15, 0.2) is 64.1 Å². The molecule has 0 unspecified atom stereocenters. The van der Waals surface area contributed by atoms with Crippen LogP contribution in [0.5, 0.6) is 11.5 Å². The van der Waals surface area contributed by atoms with Gasteiger partial charge in [-0.2, -0.15) is 0 Å². The van der Waals surface area contributed by atoms with Crippen molar-refractivity contribution in [2.75, 3.05) is 6.61 Å². The second kappa shape index (κ2) is 9.70. The van der Waals surface area contributed by atoms with Crippen molar-refractivity contribution in [3.05, 3.63) is 87.1 Å². The number of aliphatic imine (C=N–C) groups is 1. The standard InChI is InChI=1S/C24H23BrFNO2/c1-4-28-23-13-18(14-27-20-10-9-16(2)17(3)11-20)12-21(25)24(23)29-15-19-7-5-6-8-22(19)26/h5-14H,4,15H2,1-3H3. The Balaban J connectivity index is 1.84. The molecule has 0 radical (unpaired) electrons. The van der Waals surface area contributed by atoms with Crippen molar-refractivity contribution < 1.29 is 13.9 Å². The van der Waals surface area contributed by atoms with Crippen molar-refractivity contribution >= 4 is 27.8 Å². The summed E-state index contributed by atoms with van der Waals surface area (Å²) in [4.78, 5) is 4.56. The van der Waals surface area contributed by atoms with E-state index in [1.54, 1.807) is 24.4 Å². The maximum absolute atomic E-state index is 13.9. The lowest BCUT2D eigenvalue weighted by molar-refractivity contribution is 0.264. The zero-order valence-corrected chi connectivity index (χ0v) is 18.3. The minimum Gasteiger partial charge on any atom is -0.490 e. The molecule has 0 saturated heterocycles. The summed E-state index contributed by atoms with van der Waals surface area (Å²) >= 11 is 3.55. The number of nitrogens with zero attached hydrogens (tertiary/aromatic N) is 1. The Kier molecular flexibility index (Phi) is 7.04. The summed E-state index contributed by atoms with van der Waals surface area (Å²) in [5, 5.41) is 0. The Labute approximate surface area is 179 Å². The van der Waals surface area contributed by atoms with Crippen molar-refractivity contribution in [3.8, 4) is 11.5 Å². The van der Waals surface area contributed by atoms with E-state index in [1.165, 1.54) is 17.2 Å². The average Bonchev–Trinajstić information content (AvgIpc) is 2.70. The molecule has 3 aromatic carbocycles. The number of benzene rings is 3. The van der Waals surface area contributed by atoms with E-state index in [2.05, 4.69) is 46.9 Å². The quantitative estimate of drug-likeness (QED) is 0.361. The number of hydrogen-bond donors (Lipinski definition) is 0. The first-order valence-electron chi connectivity index (χ1n) is 9.41. The smallest absolute Gasteiger partial charge is 0.175 e. The fourth-order valence-electron chi connectivity index (χ4n) is 2.79. The Morgan fingerprint density at radius 1 is 1.00 bits per heavy atom. The second-order valence-corrected chi connectivity index (χ2v) is 7.52. The van der Waals surface area contributed by atoms with Gasteiger partial charge in [0.25, 0.3) is 0 Å². The number of halogens is 2. The first-order valence-corrected chi connectivity index (χ1v) is 10.2. The van der Waals surface area contributed by atoms with Crippen LogP contribution < -0.4 is 9.47 Å². The fraction of sp³-hybridized carbons (Fsp3) is 0.208. The van der Waals surface area contributed by atoms with E-state index < -0.39 is 0 Å². The Bertz CT molecular complexity index is 1030. The lowest BCUT2D eigenvalue weighted by atomic mass is 10.1. The van der Waals surface area contributed by atoms with E-state index in [0.717, 1.165) is 15.7 Å². The fourth-order valence-corrected chi connectivity index (χ4v) is 3.36. The summed E-state index contributed by atoms with van der Waals surface area (Å²) in [5.41, 5.74) is 4.69. The average molecular weight is 456 g/mol. The number of ether oxygens (including phenoxy) is 2. The number of rotatable bonds is 7. The molecule has 0 bridgehead atoms. The summed E-state index contributed by atoms with van der Waals surface area (Å²) in [6.07, 6.45) is 1.79. The van der Waals surface area contributed by atoms with E-state index in [-0.39, 0.29) is 12.4 Å². The first-order chi connectivity index (χ1) is 14.0. The number of aryl methyl sites for hydroxylation is 2. The minimum absolute atomic E-state index is 0.113. The van der Waals surface area contributed by atoms with E-state index in [1.807, 2.05) is 25.1 Å². The Morgan fingerprint density at radius 3 is 2.52 bits per heavy atom. The molecule has 5 heteroatoms. The van der Waals surface area contributed by atoms with Crippen molar-refractivity contribution in [1.82, 2.24) is 0 Å². The molecular formula is C24H23BrFNO2. The SMILES string of the molecule is CCOc1cc(C=Nc2ccc(C)c(C)c2)cc(Br)c1OCc1ccccc1F. The zero-order chi connectivity index (χ0) is 20.8. The van der Waals surface area contributed by atoms with Crippen LogP contribution >= 0.6 is 15.9 Å². The van der Waals surface area contributed by atoms with E-state index >= 15 is 0 Å². The molecule has 3 aromatic rings. The van der Waals surface area contributed by atoms with Gasteiger partial charge in [0.1, 0.15) is 12.4 Å². The van der Waals surface area contributed by atoms with Gasteiger partial charge in [-0.1, -0.05) is 24.3 Å². The maximum atomic E-state index is 13.9. The van der Waals surface area contributed by atoms with Gasteiger partial charge in [-0.15, -0.1) is 0 Å². The molecule has 0 fully saturated rings. The molecule has 3 nitrogen and oxygen atoms in total. The molecule has 0 atom stereocenters.